The van der Waals surface area contributed by atoms with Crippen LogP contribution in [-0.2, 0) is 19.1 Å². The fraction of sp³-hybridized carbons (Fsp3) is 0.667. The third kappa shape index (κ3) is 9.40. The van der Waals surface area contributed by atoms with Gasteiger partial charge in [0.05, 0.1) is 6.61 Å². The zero-order valence-electron chi connectivity index (χ0n) is 8.79. The molecule has 6 nitrogen and oxygen atoms in total. The second kappa shape index (κ2) is 9.09. The highest BCUT2D eigenvalue weighted by molar-refractivity contribution is 7.57. The van der Waals surface area contributed by atoms with Crippen LogP contribution in [0.4, 0.5) is 0 Å². The van der Waals surface area contributed by atoms with Crippen LogP contribution in [0.3, 0.4) is 0 Å². The van der Waals surface area contributed by atoms with Crippen molar-refractivity contribution >= 4 is 26.3 Å². The van der Waals surface area contributed by atoms with Crippen molar-refractivity contribution in [2.45, 2.75) is 12.8 Å². The zero-order chi connectivity index (χ0) is 12.4. The van der Waals surface area contributed by atoms with Crippen molar-refractivity contribution in [3.05, 3.63) is 0 Å². The minimum atomic E-state index is -0.890. The van der Waals surface area contributed by atoms with E-state index in [4.69, 9.17) is 10.2 Å². The Balaban J connectivity index is 3.88. The summed E-state index contributed by atoms with van der Waals surface area (Å²) in [4.78, 5) is 30.7. The maximum atomic E-state index is 10.4. The molecule has 0 amide bonds. The molecule has 0 aliphatic carbocycles. The Labute approximate surface area is 94.3 Å². The fourth-order valence-electron chi connectivity index (χ4n) is 1.07. The van der Waals surface area contributed by atoms with E-state index >= 15 is 0 Å². The summed E-state index contributed by atoms with van der Waals surface area (Å²) < 4.78 is 4.52. The van der Waals surface area contributed by atoms with E-state index in [0.717, 1.165) is 0 Å². The van der Waals surface area contributed by atoms with Gasteiger partial charge >= 0.3 is 11.9 Å². The lowest BCUT2D eigenvalue weighted by Gasteiger charge is -2.14. The van der Waals surface area contributed by atoms with E-state index in [2.05, 4.69) is 4.74 Å². The van der Waals surface area contributed by atoms with Crippen molar-refractivity contribution in [2.75, 3.05) is 25.1 Å². The van der Waals surface area contributed by atoms with Crippen LogP contribution in [0.15, 0.2) is 0 Å². The maximum absolute atomic E-state index is 10.4. The second-order valence-electron chi connectivity index (χ2n) is 3.10. The third-order valence-corrected chi connectivity index (χ3v) is 4.40. The van der Waals surface area contributed by atoms with Gasteiger partial charge in [0.15, 0.2) is 0 Å². The van der Waals surface area contributed by atoms with Crippen molar-refractivity contribution < 1.29 is 29.3 Å². The van der Waals surface area contributed by atoms with E-state index in [0.29, 0.717) is 25.0 Å². The normalized spacial score (nSPS) is 10.1. The molecule has 0 unspecified atom stereocenters. The predicted octanol–water partition coefficient (Wildman–Crippen LogP) is 0.591. The van der Waals surface area contributed by atoms with E-state index in [-0.39, 0.29) is 19.4 Å². The minimum absolute atomic E-state index is 0.0341. The Bertz CT molecular complexity index is 224. The average Bonchev–Trinajstić information content (AvgIpc) is 2.21. The fourth-order valence-corrected chi connectivity index (χ4v) is 3.12. The maximum Gasteiger partial charge on any atom is 0.303 e. The molecule has 0 heterocycles. The molecule has 0 bridgehead atoms. The first-order chi connectivity index (χ1) is 7.56. The highest BCUT2D eigenvalue weighted by atomic mass is 31.1. The number of carbonyl (C=O) groups is 3. The second-order valence-corrected chi connectivity index (χ2v) is 5.78. The molecule has 92 valence electrons. The third-order valence-electron chi connectivity index (χ3n) is 1.88. The van der Waals surface area contributed by atoms with Crippen LogP contribution < -0.4 is 0 Å². The Hall–Kier alpha value is -1.16. The molecular weight excluding hydrogens is 235 g/mol. The first-order valence-corrected chi connectivity index (χ1v) is 6.67. The highest BCUT2D eigenvalue weighted by Crippen LogP contribution is 2.36. The summed E-state index contributed by atoms with van der Waals surface area (Å²) in [6, 6.07) is 0. The van der Waals surface area contributed by atoms with Crippen LogP contribution in [-0.4, -0.2) is 53.7 Å². The summed E-state index contributed by atoms with van der Waals surface area (Å²) in [7, 11) is -0.683. The monoisotopic (exact) mass is 250 g/mol. The molecule has 0 atom stereocenters. The lowest BCUT2D eigenvalue weighted by atomic mass is 10.5. The summed E-state index contributed by atoms with van der Waals surface area (Å²) >= 11 is 0. The molecule has 0 aromatic carbocycles. The van der Waals surface area contributed by atoms with Gasteiger partial charge in [-0.2, -0.15) is 0 Å². The molecule has 0 aliphatic rings. The molecule has 0 spiro atoms. The van der Waals surface area contributed by atoms with Crippen molar-refractivity contribution in [1.82, 2.24) is 0 Å². The molecule has 7 heteroatoms. The number of hydrogen-bond acceptors (Lipinski definition) is 4. The van der Waals surface area contributed by atoms with Crippen LogP contribution >= 0.6 is 7.92 Å². The molecule has 2 N–H and O–H groups in total. The summed E-state index contributed by atoms with van der Waals surface area (Å²) in [6.07, 6.45) is 1.58. The van der Waals surface area contributed by atoms with Crippen LogP contribution in [0.2, 0.25) is 0 Å². The molecule has 0 rings (SSSR count). The molecule has 0 radical (unpaired) electrons. The van der Waals surface area contributed by atoms with Gasteiger partial charge in [0, 0.05) is 19.0 Å². The van der Waals surface area contributed by atoms with Gasteiger partial charge in [0.1, 0.15) is 0 Å². The standard InChI is InChI=1S/C9H15O6P/c10-7-15-3-6-16(4-1-8(11)12)5-2-9(13)14/h7H,1-6H2,(H,11,12)(H,13,14). The molecule has 0 fully saturated rings. The molecule has 0 saturated heterocycles. The predicted molar refractivity (Wildman–Crippen MR) is 58.0 cm³/mol. The molecule has 0 aromatic heterocycles. The van der Waals surface area contributed by atoms with Gasteiger partial charge in [0.2, 0.25) is 0 Å². The number of hydrogen-bond donors (Lipinski definition) is 2. The van der Waals surface area contributed by atoms with E-state index < -0.39 is 19.9 Å². The van der Waals surface area contributed by atoms with Gasteiger partial charge in [-0.3, -0.25) is 14.4 Å². The Morgan fingerprint density at radius 1 is 1.06 bits per heavy atom. The van der Waals surface area contributed by atoms with Crippen molar-refractivity contribution in [2.24, 2.45) is 0 Å². The summed E-state index contributed by atoms with van der Waals surface area (Å²) in [5.74, 6) is -1.78. The number of ether oxygens (including phenoxy) is 1. The van der Waals surface area contributed by atoms with Crippen LogP contribution in [0.5, 0.6) is 0 Å². The van der Waals surface area contributed by atoms with Crippen molar-refractivity contribution in [3.63, 3.8) is 0 Å². The highest BCUT2D eigenvalue weighted by Gasteiger charge is 2.12. The number of rotatable bonds is 10. The first kappa shape index (κ1) is 14.8. The minimum Gasteiger partial charge on any atom is -0.481 e. The Kier molecular flexibility index (Phi) is 8.43. The van der Waals surface area contributed by atoms with Crippen LogP contribution in [0.1, 0.15) is 12.8 Å². The van der Waals surface area contributed by atoms with E-state index in [1.165, 1.54) is 0 Å². The summed E-state index contributed by atoms with van der Waals surface area (Å²) in [5.41, 5.74) is 0. The lowest BCUT2D eigenvalue weighted by molar-refractivity contribution is -0.137. The first-order valence-electron chi connectivity index (χ1n) is 4.77. The number of aliphatic carboxylic acids is 2. The molecule has 16 heavy (non-hydrogen) atoms. The van der Waals surface area contributed by atoms with Gasteiger partial charge in [-0.25, -0.2) is 0 Å². The van der Waals surface area contributed by atoms with E-state index in [1.54, 1.807) is 0 Å². The Morgan fingerprint density at radius 3 is 1.94 bits per heavy atom. The van der Waals surface area contributed by atoms with Gasteiger partial charge in [-0.05, 0) is 12.3 Å². The Morgan fingerprint density at radius 2 is 1.56 bits per heavy atom. The number of carboxylic acids is 2. The average molecular weight is 250 g/mol. The molecule has 0 aromatic rings. The summed E-state index contributed by atoms with van der Waals surface area (Å²) in [5, 5.41) is 17.0. The van der Waals surface area contributed by atoms with Crippen molar-refractivity contribution in [3.8, 4) is 0 Å². The summed E-state index contributed by atoms with van der Waals surface area (Å²) in [6.45, 7) is 0.566. The van der Waals surface area contributed by atoms with E-state index in [9.17, 15) is 14.4 Å². The van der Waals surface area contributed by atoms with Crippen LogP contribution in [0, 0.1) is 0 Å². The number of carbonyl (C=O) groups excluding carboxylic acids is 1. The molecule has 0 saturated carbocycles. The number of carboxylic acid groups (broad SMARTS) is 2. The van der Waals surface area contributed by atoms with Gasteiger partial charge < -0.3 is 14.9 Å². The van der Waals surface area contributed by atoms with Gasteiger partial charge in [-0.15, -0.1) is 7.92 Å². The smallest absolute Gasteiger partial charge is 0.303 e. The van der Waals surface area contributed by atoms with Crippen LogP contribution in [0.25, 0.3) is 0 Å². The van der Waals surface area contributed by atoms with Gasteiger partial charge in [0.25, 0.3) is 6.47 Å². The lowest BCUT2D eigenvalue weighted by Crippen LogP contribution is -2.07. The largest absolute Gasteiger partial charge is 0.481 e. The van der Waals surface area contributed by atoms with Gasteiger partial charge in [-0.1, -0.05) is 0 Å². The molecule has 0 aliphatic heterocycles. The molecular formula is C9H15O6P. The zero-order valence-corrected chi connectivity index (χ0v) is 9.69. The quantitative estimate of drug-likeness (QED) is 0.334. The SMILES string of the molecule is O=COCCP(CCC(=O)O)CCC(=O)O. The van der Waals surface area contributed by atoms with E-state index in [1.807, 2.05) is 0 Å². The topological polar surface area (TPSA) is 101 Å². The van der Waals surface area contributed by atoms with Crippen molar-refractivity contribution in [1.29, 1.82) is 0 Å².